The molecule has 0 amide bonds. The van der Waals surface area contributed by atoms with Crippen LogP contribution in [0.25, 0.3) is 28.0 Å². The van der Waals surface area contributed by atoms with E-state index in [4.69, 9.17) is 10.7 Å². The average molecular weight is 511 g/mol. The first-order valence-corrected chi connectivity index (χ1v) is 13.4. The number of benzene rings is 1. The Morgan fingerprint density at radius 1 is 1.00 bits per heavy atom. The maximum absolute atomic E-state index is 12.8. The molecule has 2 saturated heterocycles. The first-order chi connectivity index (χ1) is 16.4. The lowest BCUT2D eigenvalue weighted by Gasteiger charge is -2.30. The Bertz CT molecular complexity index is 1480. The second kappa shape index (κ2) is 8.89. The van der Waals surface area contributed by atoms with E-state index in [0.717, 1.165) is 48.1 Å². The highest BCUT2D eigenvalue weighted by atomic mass is 35.5. The van der Waals surface area contributed by atoms with Gasteiger partial charge in [-0.3, -0.25) is 4.98 Å². The number of anilines is 1. The lowest BCUT2D eigenvalue weighted by molar-refractivity contribution is 0.355. The summed E-state index contributed by atoms with van der Waals surface area (Å²) in [5.74, 6) is 0.158. The molecule has 6 rings (SSSR count). The third-order valence-electron chi connectivity index (χ3n) is 7.04. The van der Waals surface area contributed by atoms with Gasteiger partial charge in [-0.1, -0.05) is 36.4 Å². The van der Waals surface area contributed by atoms with Crippen molar-refractivity contribution in [2.24, 2.45) is 0 Å². The topological polar surface area (TPSA) is 115 Å². The molecule has 0 saturated carbocycles. The molecule has 3 aromatic heterocycles. The molecule has 0 spiro atoms. The lowest BCUT2D eigenvalue weighted by Crippen LogP contribution is -2.38. The molecule has 182 valence electrons. The summed E-state index contributed by atoms with van der Waals surface area (Å²) in [5.41, 5.74) is 11.1. The number of pyridine rings is 1. The van der Waals surface area contributed by atoms with Crippen molar-refractivity contribution in [3.8, 4) is 22.4 Å². The van der Waals surface area contributed by atoms with Crippen molar-refractivity contribution < 1.29 is 8.42 Å². The van der Waals surface area contributed by atoms with Crippen LogP contribution in [0.4, 0.5) is 5.82 Å². The van der Waals surface area contributed by atoms with Crippen molar-refractivity contribution in [3.05, 3.63) is 60.6 Å². The molecular weight excluding hydrogens is 484 g/mol. The van der Waals surface area contributed by atoms with E-state index in [0.29, 0.717) is 23.4 Å². The first kappa shape index (κ1) is 23.7. The van der Waals surface area contributed by atoms with Crippen LogP contribution < -0.4 is 11.1 Å². The molecule has 5 heterocycles. The van der Waals surface area contributed by atoms with Gasteiger partial charge < -0.3 is 11.1 Å². The van der Waals surface area contributed by atoms with Gasteiger partial charge in [0, 0.05) is 47.1 Å². The maximum Gasteiger partial charge on any atom is 0.180 e. The number of nitrogens with zero attached hydrogens (tertiary/aromatic N) is 4. The number of nitrogens with two attached hydrogens (primary N) is 1. The van der Waals surface area contributed by atoms with Crippen molar-refractivity contribution in [1.82, 2.24) is 24.9 Å². The summed E-state index contributed by atoms with van der Waals surface area (Å²) in [5, 5.41) is 8.02. The van der Waals surface area contributed by atoms with E-state index in [1.165, 1.54) is 10.8 Å². The minimum absolute atomic E-state index is 0. The van der Waals surface area contributed by atoms with Crippen LogP contribution in [0.5, 0.6) is 0 Å². The lowest BCUT2D eigenvalue weighted by atomic mass is 9.89. The molecule has 2 aliphatic rings. The summed E-state index contributed by atoms with van der Waals surface area (Å²) in [6.07, 6.45) is 8.62. The molecule has 2 fully saturated rings. The van der Waals surface area contributed by atoms with Gasteiger partial charge in [-0.15, -0.1) is 12.4 Å². The van der Waals surface area contributed by atoms with E-state index in [2.05, 4.69) is 15.4 Å². The minimum atomic E-state index is -3.59. The maximum atomic E-state index is 12.8. The Labute approximate surface area is 210 Å². The van der Waals surface area contributed by atoms with Gasteiger partial charge in [-0.2, -0.15) is 9.61 Å². The van der Waals surface area contributed by atoms with E-state index in [1.54, 1.807) is 12.4 Å². The monoisotopic (exact) mass is 510 g/mol. The Hall–Kier alpha value is -3.01. The molecule has 2 unspecified atom stereocenters. The fraction of sp³-hybridized carbons (Fsp3) is 0.320. The number of rotatable bonds is 4. The van der Waals surface area contributed by atoms with Gasteiger partial charge in [-0.05, 0) is 31.7 Å². The predicted octanol–water partition coefficient (Wildman–Crippen LogP) is 3.86. The molecule has 0 radical (unpaired) electrons. The van der Waals surface area contributed by atoms with Crippen LogP contribution in [0.1, 0.15) is 37.3 Å². The molecule has 3 N–H and O–H groups in total. The van der Waals surface area contributed by atoms with Crippen LogP contribution in [-0.4, -0.2) is 46.3 Å². The summed E-state index contributed by atoms with van der Waals surface area (Å²) < 4.78 is 27.0. The number of fused-ring (bicyclic) bond motifs is 3. The quantitative estimate of drug-likeness (QED) is 0.428. The highest BCUT2D eigenvalue weighted by molar-refractivity contribution is 7.91. The van der Waals surface area contributed by atoms with E-state index >= 15 is 0 Å². The molecule has 1 aromatic carbocycles. The Morgan fingerprint density at radius 2 is 1.71 bits per heavy atom. The standard InChI is InChI=1S/C25H26N6O2S.ClH/c1-34(32,33)23-22(17-11-18-8-9-19(12-17)29-18)30-25-20(14-28-31(25)24(23)26)16-7-10-21(27-13-16)15-5-3-2-4-6-15;/h2-7,10,13-14,17-19,29H,8-9,11-12,26H2,1H3;1H. The van der Waals surface area contributed by atoms with Crippen LogP contribution in [-0.2, 0) is 9.84 Å². The van der Waals surface area contributed by atoms with Gasteiger partial charge in [-0.25, -0.2) is 13.4 Å². The fourth-order valence-electron chi connectivity index (χ4n) is 5.49. The number of sulfone groups is 1. The highest BCUT2D eigenvalue weighted by Gasteiger charge is 2.38. The highest BCUT2D eigenvalue weighted by Crippen LogP contribution is 2.41. The van der Waals surface area contributed by atoms with Crippen molar-refractivity contribution in [1.29, 1.82) is 0 Å². The van der Waals surface area contributed by atoms with E-state index < -0.39 is 9.84 Å². The zero-order valence-electron chi connectivity index (χ0n) is 19.3. The summed E-state index contributed by atoms with van der Waals surface area (Å²) in [6.45, 7) is 0. The molecule has 0 aliphatic carbocycles. The molecule has 2 atom stereocenters. The Kier molecular flexibility index (Phi) is 6.03. The van der Waals surface area contributed by atoms with Crippen molar-refractivity contribution in [2.75, 3.05) is 12.0 Å². The summed E-state index contributed by atoms with van der Waals surface area (Å²) in [7, 11) is -3.59. The molecule has 2 aliphatic heterocycles. The largest absolute Gasteiger partial charge is 0.382 e. The van der Waals surface area contributed by atoms with Gasteiger partial charge in [0.1, 0.15) is 10.7 Å². The number of nitrogen functional groups attached to an aromatic ring is 1. The van der Waals surface area contributed by atoms with Crippen molar-refractivity contribution in [3.63, 3.8) is 0 Å². The SMILES string of the molecule is CS(=O)(=O)c1c(C2CC3CCC(C2)N3)nc2c(-c3ccc(-c4ccccc4)nc3)cnn2c1N.Cl. The second-order valence-electron chi connectivity index (χ2n) is 9.38. The molecule has 8 nitrogen and oxygen atoms in total. The third-order valence-corrected chi connectivity index (χ3v) is 8.20. The van der Waals surface area contributed by atoms with Crippen LogP contribution in [0, 0.1) is 0 Å². The third kappa shape index (κ3) is 4.17. The molecular formula is C25H27ClN6O2S. The van der Waals surface area contributed by atoms with Gasteiger partial charge >= 0.3 is 0 Å². The molecule has 35 heavy (non-hydrogen) atoms. The number of aromatic nitrogens is 4. The number of piperidine rings is 1. The number of nitrogens with one attached hydrogen (secondary N) is 1. The number of hydrogen-bond donors (Lipinski definition) is 2. The number of halogens is 1. The number of hydrogen-bond acceptors (Lipinski definition) is 7. The van der Waals surface area contributed by atoms with E-state index in [1.807, 2.05) is 42.5 Å². The van der Waals surface area contributed by atoms with Gasteiger partial charge in [0.2, 0.25) is 0 Å². The van der Waals surface area contributed by atoms with Crippen LogP contribution in [0.15, 0.2) is 59.8 Å². The van der Waals surface area contributed by atoms with Crippen LogP contribution in [0.2, 0.25) is 0 Å². The van der Waals surface area contributed by atoms with Gasteiger partial charge in [0.15, 0.2) is 15.5 Å². The van der Waals surface area contributed by atoms with Crippen LogP contribution in [0.3, 0.4) is 0 Å². The minimum Gasteiger partial charge on any atom is -0.382 e. The van der Waals surface area contributed by atoms with Crippen molar-refractivity contribution >= 4 is 33.7 Å². The zero-order chi connectivity index (χ0) is 23.4. The zero-order valence-corrected chi connectivity index (χ0v) is 20.9. The summed E-state index contributed by atoms with van der Waals surface area (Å²) in [6, 6.07) is 14.7. The average Bonchev–Trinajstić information content (AvgIpc) is 3.41. The van der Waals surface area contributed by atoms with Gasteiger partial charge in [0.05, 0.1) is 17.6 Å². The second-order valence-corrected chi connectivity index (χ2v) is 11.3. The van der Waals surface area contributed by atoms with Crippen LogP contribution >= 0.6 is 12.4 Å². The Balaban J connectivity index is 0.00000253. The smallest absolute Gasteiger partial charge is 0.180 e. The first-order valence-electron chi connectivity index (χ1n) is 11.5. The predicted molar refractivity (Wildman–Crippen MR) is 138 cm³/mol. The molecule has 2 bridgehead atoms. The summed E-state index contributed by atoms with van der Waals surface area (Å²) in [4.78, 5) is 9.67. The molecule has 10 heteroatoms. The Morgan fingerprint density at radius 3 is 2.34 bits per heavy atom. The van der Waals surface area contributed by atoms with E-state index in [9.17, 15) is 8.42 Å². The summed E-state index contributed by atoms with van der Waals surface area (Å²) >= 11 is 0. The van der Waals surface area contributed by atoms with Crippen molar-refractivity contribution in [2.45, 2.75) is 48.6 Å². The van der Waals surface area contributed by atoms with E-state index in [-0.39, 0.29) is 29.0 Å². The fourth-order valence-corrected chi connectivity index (χ4v) is 6.55. The molecule has 4 aromatic rings. The van der Waals surface area contributed by atoms with Gasteiger partial charge in [0.25, 0.3) is 0 Å². The normalized spacial score (nSPS) is 21.7.